The monoisotopic (exact) mass is 266 g/mol. The summed E-state index contributed by atoms with van der Waals surface area (Å²) >= 11 is 5.23. The van der Waals surface area contributed by atoms with Crippen LogP contribution in [0.25, 0.3) is 0 Å². The van der Waals surface area contributed by atoms with Crippen molar-refractivity contribution >= 4 is 23.0 Å². The molecule has 2 N–H and O–H groups in total. The minimum absolute atomic E-state index is 0.192. The highest BCUT2D eigenvalue weighted by atomic mass is 32.1. The lowest BCUT2D eigenvalue weighted by Crippen LogP contribution is -2.35. The third-order valence-corrected chi connectivity index (χ3v) is 2.69. The first kappa shape index (κ1) is 14.8. The molecule has 0 amide bonds. The van der Waals surface area contributed by atoms with Crippen LogP contribution >= 0.6 is 12.2 Å². The van der Waals surface area contributed by atoms with Gasteiger partial charge in [0.05, 0.1) is 6.10 Å². The quantitative estimate of drug-likeness (QED) is 0.798. The molecule has 1 aromatic carbocycles. The number of nitrogens with one attached hydrogen (secondary N) is 2. The highest BCUT2D eigenvalue weighted by Crippen LogP contribution is 2.16. The molecule has 100 valence electrons. The molecule has 0 aliphatic carbocycles. The van der Waals surface area contributed by atoms with Crippen molar-refractivity contribution in [2.75, 3.05) is 5.32 Å². The molecule has 0 radical (unpaired) electrons. The average Bonchev–Trinajstić information content (AvgIpc) is 2.30. The van der Waals surface area contributed by atoms with E-state index in [-0.39, 0.29) is 6.10 Å². The van der Waals surface area contributed by atoms with Crippen molar-refractivity contribution in [3.05, 3.63) is 24.3 Å². The van der Waals surface area contributed by atoms with Gasteiger partial charge in [-0.2, -0.15) is 0 Å². The van der Waals surface area contributed by atoms with Gasteiger partial charge >= 0.3 is 0 Å². The number of rotatable bonds is 5. The van der Waals surface area contributed by atoms with Gasteiger partial charge in [-0.1, -0.05) is 6.92 Å². The molecule has 0 fully saturated rings. The SMILES string of the molecule is CC[C@@H](C)NC(=S)Nc1ccc(OC(C)C)cc1. The fraction of sp³-hybridized carbons (Fsp3) is 0.500. The van der Waals surface area contributed by atoms with Crippen molar-refractivity contribution in [3.63, 3.8) is 0 Å². The van der Waals surface area contributed by atoms with Crippen LogP contribution in [0.2, 0.25) is 0 Å². The van der Waals surface area contributed by atoms with Crippen molar-refractivity contribution in [2.45, 2.75) is 46.3 Å². The second-order valence-corrected chi connectivity index (χ2v) is 5.01. The topological polar surface area (TPSA) is 33.3 Å². The standard InChI is InChI=1S/C14H22N2OS/c1-5-11(4)15-14(18)16-12-6-8-13(9-7-12)17-10(2)3/h6-11H,5H2,1-4H3,(H2,15,16,18)/t11-/m1/s1. The van der Waals surface area contributed by atoms with E-state index in [0.29, 0.717) is 11.2 Å². The number of hydrogen-bond acceptors (Lipinski definition) is 2. The Hall–Kier alpha value is -1.29. The van der Waals surface area contributed by atoms with Crippen LogP contribution < -0.4 is 15.4 Å². The predicted octanol–water partition coefficient (Wildman–Crippen LogP) is 3.56. The Bertz CT molecular complexity index is 376. The molecule has 3 nitrogen and oxygen atoms in total. The second kappa shape index (κ2) is 7.21. The summed E-state index contributed by atoms with van der Waals surface area (Å²) in [6.45, 7) is 8.25. The van der Waals surface area contributed by atoms with Gasteiger partial charge in [-0.25, -0.2) is 0 Å². The number of hydrogen-bond donors (Lipinski definition) is 2. The summed E-state index contributed by atoms with van der Waals surface area (Å²) < 4.78 is 5.58. The molecule has 0 aliphatic rings. The van der Waals surface area contributed by atoms with E-state index in [1.807, 2.05) is 38.1 Å². The first-order chi connectivity index (χ1) is 8.51. The molecule has 1 aromatic rings. The molecule has 0 aliphatic heterocycles. The molecule has 0 saturated heterocycles. The Morgan fingerprint density at radius 1 is 1.22 bits per heavy atom. The van der Waals surface area contributed by atoms with E-state index in [0.717, 1.165) is 17.9 Å². The maximum Gasteiger partial charge on any atom is 0.170 e. The van der Waals surface area contributed by atoms with E-state index in [4.69, 9.17) is 17.0 Å². The summed E-state index contributed by atoms with van der Waals surface area (Å²) in [5, 5.41) is 7.02. The smallest absolute Gasteiger partial charge is 0.170 e. The minimum atomic E-state index is 0.192. The van der Waals surface area contributed by atoms with E-state index in [1.54, 1.807) is 0 Å². The fourth-order valence-corrected chi connectivity index (χ4v) is 1.70. The maximum absolute atomic E-state index is 5.58. The van der Waals surface area contributed by atoms with Gasteiger partial charge < -0.3 is 15.4 Å². The van der Waals surface area contributed by atoms with Gasteiger partial charge in [0.2, 0.25) is 0 Å². The van der Waals surface area contributed by atoms with Gasteiger partial charge in [0.25, 0.3) is 0 Å². The molecule has 4 heteroatoms. The summed E-state index contributed by atoms with van der Waals surface area (Å²) in [6.07, 6.45) is 1.24. The fourth-order valence-electron chi connectivity index (χ4n) is 1.38. The molecule has 0 aromatic heterocycles. The zero-order valence-corrected chi connectivity index (χ0v) is 12.3. The molecule has 0 unspecified atom stereocenters. The van der Waals surface area contributed by atoms with Crippen LogP contribution in [0.4, 0.5) is 5.69 Å². The number of thiocarbonyl (C=S) groups is 1. The summed E-state index contributed by atoms with van der Waals surface area (Å²) in [7, 11) is 0. The highest BCUT2D eigenvalue weighted by molar-refractivity contribution is 7.80. The van der Waals surface area contributed by atoms with Gasteiger partial charge in [-0.05, 0) is 63.7 Å². The molecule has 1 rings (SSSR count). The predicted molar refractivity (Wildman–Crippen MR) is 81.3 cm³/mol. The van der Waals surface area contributed by atoms with E-state index >= 15 is 0 Å². The maximum atomic E-state index is 5.58. The summed E-state index contributed by atoms with van der Waals surface area (Å²) in [5.41, 5.74) is 0.965. The molecule has 0 bridgehead atoms. The van der Waals surface area contributed by atoms with Crippen LogP contribution in [-0.4, -0.2) is 17.3 Å². The van der Waals surface area contributed by atoms with Crippen LogP contribution in [0, 0.1) is 0 Å². The van der Waals surface area contributed by atoms with Gasteiger partial charge in [0.1, 0.15) is 5.75 Å². The largest absolute Gasteiger partial charge is 0.491 e. The van der Waals surface area contributed by atoms with Crippen molar-refractivity contribution < 1.29 is 4.74 Å². The Kier molecular flexibility index (Phi) is 5.92. The first-order valence-electron chi connectivity index (χ1n) is 6.35. The van der Waals surface area contributed by atoms with Crippen molar-refractivity contribution in [2.24, 2.45) is 0 Å². The van der Waals surface area contributed by atoms with Crippen LogP contribution in [0.15, 0.2) is 24.3 Å². The first-order valence-corrected chi connectivity index (χ1v) is 6.76. The zero-order valence-electron chi connectivity index (χ0n) is 11.5. The Morgan fingerprint density at radius 2 is 1.83 bits per heavy atom. The summed E-state index contributed by atoms with van der Waals surface area (Å²) in [6, 6.07) is 8.18. The van der Waals surface area contributed by atoms with Crippen LogP contribution in [0.5, 0.6) is 5.75 Å². The van der Waals surface area contributed by atoms with E-state index in [2.05, 4.69) is 24.5 Å². The third kappa shape index (κ3) is 5.36. The Labute approximate surface area is 115 Å². The van der Waals surface area contributed by atoms with Crippen LogP contribution in [-0.2, 0) is 0 Å². The molecule has 1 atom stereocenters. The number of benzene rings is 1. The Balaban J connectivity index is 2.50. The molecule has 0 spiro atoms. The van der Waals surface area contributed by atoms with Crippen molar-refractivity contribution in [1.82, 2.24) is 5.32 Å². The van der Waals surface area contributed by atoms with E-state index in [1.165, 1.54) is 0 Å². The van der Waals surface area contributed by atoms with Gasteiger partial charge in [-0.3, -0.25) is 0 Å². The van der Waals surface area contributed by atoms with E-state index < -0.39 is 0 Å². The van der Waals surface area contributed by atoms with Crippen molar-refractivity contribution in [3.8, 4) is 5.75 Å². The normalized spacial score (nSPS) is 12.1. The lowest BCUT2D eigenvalue weighted by molar-refractivity contribution is 0.242. The minimum Gasteiger partial charge on any atom is -0.491 e. The summed E-state index contributed by atoms with van der Waals surface area (Å²) in [5.74, 6) is 0.872. The lowest BCUT2D eigenvalue weighted by Gasteiger charge is -2.15. The lowest BCUT2D eigenvalue weighted by atomic mass is 10.3. The molecule has 0 saturated carbocycles. The molecular weight excluding hydrogens is 244 g/mol. The highest BCUT2D eigenvalue weighted by Gasteiger charge is 2.02. The van der Waals surface area contributed by atoms with Gasteiger partial charge in [-0.15, -0.1) is 0 Å². The van der Waals surface area contributed by atoms with E-state index in [9.17, 15) is 0 Å². The molecule has 0 heterocycles. The van der Waals surface area contributed by atoms with Crippen LogP contribution in [0.1, 0.15) is 34.1 Å². The number of anilines is 1. The summed E-state index contributed by atoms with van der Waals surface area (Å²) in [4.78, 5) is 0. The second-order valence-electron chi connectivity index (χ2n) is 4.60. The Morgan fingerprint density at radius 3 is 2.33 bits per heavy atom. The third-order valence-electron chi connectivity index (χ3n) is 2.47. The number of ether oxygens (including phenoxy) is 1. The van der Waals surface area contributed by atoms with Crippen molar-refractivity contribution in [1.29, 1.82) is 0 Å². The van der Waals surface area contributed by atoms with Gasteiger partial charge in [0.15, 0.2) is 5.11 Å². The molecule has 18 heavy (non-hydrogen) atoms. The average molecular weight is 266 g/mol. The van der Waals surface area contributed by atoms with Crippen LogP contribution in [0.3, 0.4) is 0 Å². The molecular formula is C14H22N2OS. The zero-order chi connectivity index (χ0) is 13.5. The van der Waals surface area contributed by atoms with Gasteiger partial charge in [0, 0.05) is 11.7 Å².